The third-order valence-electron chi connectivity index (χ3n) is 2.48. The number of rotatable bonds is 5. The standard InChI is InChI=1S/C10H20N2O3/c1-12(4-5-13)8-10(14)11-9-2-6-15-7-3-9/h9,13H,2-8H2,1H3,(H,11,14). The van der Waals surface area contributed by atoms with E-state index in [4.69, 9.17) is 9.84 Å². The summed E-state index contributed by atoms with van der Waals surface area (Å²) in [6.45, 7) is 2.43. The van der Waals surface area contributed by atoms with Crippen LogP contribution in [0.15, 0.2) is 0 Å². The highest BCUT2D eigenvalue weighted by Gasteiger charge is 2.16. The lowest BCUT2D eigenvalue weighted by Gasteiger charge is -2.24. The fourth-order valence-electron chi connectivity index (χ4n) is 1.61. The molecule has 1 aliphatic rings. The van der Waals surface area contributed by atoms with E-state index in [1.54, 1.807) is 4.90 Å². The Morgan fingerprint density at radius 3 is 2.80 bits per heavy atom. The molecule has 0 aliphatic carbocycles. The fraction of sp³-hybridized carbons (Fsp3) is 0.900. The normalized spacial score (nSPS) is 18.1. The molecule has 1 rings (SSSR count). The van der Waals surface area contributed by atoms with Crippen LogP contribution >= 0.6 is 0 Å². The van der Waals surface area contributed by atoms with E-state index in [0.29, 0.717) is 13.1 Å². The summed E-state index contributed by atoms with van der Waals surface area (Å²) >= 11 is 0. The van der Waals surface area contributed by atoms with Crippen LogP contribution in [-0.4, -0.2) is 61.9 Å². The topological polar surface area (TPSA) is 61.8 Å². The second kappa shape index (κ2) is 6.76. The van der Waals surface area contributed by atoms with Gasteiger partial charge < -0.3 is 15.2 Å². The first-order valence-corrected chi connectivity index (χ1v) is 5.39. The predicted molar refractivity (Wildman–Crippen MR) is 56.6 cm³/mol. The molecular weight excluding hydrogens is 196 g/mol. The van der Waals surface area contributed by atoms with Crippen LogP contribution < -0.4 is 5.32 Å². The number of hydrogen-bond acceptors (Lipinski definition) is 4. The summed E-state index contributed by atoms with van der Waals surface area (Å²) in [6.07, 6.45) is 1.80. The van der Waals surface area contributed by atoms with Crippen LogP contribution in [-0.2, 0) is 9.53 Å². The van der Waals surface area contributed by atoms with E-state index < -0.39 is 0 Å². The highest BCUT2D eigenvalue weighted by atomic mass is 16.5. The molecule has 5 heteroatoms. The molecule has 0 aromatic heterocycles. The largest absolute Gasteiger partial charge is 0.395 e. The van der Waals surface area contributed by atoms with E-state index in [0.717, 1.165) is 26.1 Å². The molecule has 1 saturated heterocycles. The van der Waals surface area contributed by atoms with Crippen LogP contribution in [0.25, 0.3) is 0 Å². The van der Waals surface area contributed by atoms with Crippen molar-refractivity contribution in [3.63, 3.8) is 0 Å². The highest BCUT2D eigenvalue weighted by Crippen LogP contribution is 2.05. The van der Waals surface area contributed by atoms with Crippen molar-refractivity contribution in [2.75, 3.05) is 40.0 Å². The summed E-state index contributed by atoms with van der Waals surface area (Å²) in [4.78, 5) is 13.3. The molecule has 2 N–H and O–H groups in total. The van der Waals surface area contributed by atoms with Crippen molar-refractivity contribution in [1.82, 2.24) is 10.2 Å². The number of amides is 1. The number of carbonyl (C=O) groups is 1. The summed E-state index contributed by atoms with van der Waals surface area (Å²) < 4.78 is 5.21. The molecule has 0 bridgehead atoms. The van der Waals surface area contributed by atoms with Gasteiger partial charge in [0.25, 0.3) is 0 Å². The van der Waals surface area contributed by atoms with E-state index >= 15 is 0 Å². The monoisotopic (exact) mass is 216 g/mol. The number of ether oxygens (including phenoxy) is 1. The third-order valence-corrected chi connectivity index (χ3v) is 2.48. The molecule has 1 amide bonds. The Morgan fingerprint density at radius 2 is 2.20 bits per heavy atom. The van der Waals surface area contributed by atoms with Crippen LogP contribution in [0.1, 0.15) is 12.8 Å². The summed E-state index contributed by atoms with van der Waals surface area (Å²) in [7, 11) is 1.82. The first kappa shape index (κ1) is 12.4. The minimum atomic E-state index is 0.0258. The van der Waals surface area contributed by atoms with Crippen molar-refractivity contribution in [2.24, 2.45) is 0 Å². The maximum absolute atomic E-state index is 11.5. The van der Waals surface area contributed by atoms with Crippen molar-refractivity contribution >= 4 is 5.91 Å². The fourth-order valence-corrected chi connectivity index (χ4v) is 1.61. The van der Waals surface area contributed by atoms with Gasteiger partial charge in [0.2, 0.25) is 5.91 Å². The summed E-state index contributed by atoms with van der Waals surface area (Å²) in [5, 5.41) is 11.6. The number of nitrogens with one attached hydrogen (secondary N) is 1. The molecule has 0 spiro atoms. The highest BCUT2D eigenvalue weighted by molar-refractivity contribution is 5.78. The van der Waals surface area contributed by atoms with E-state index in [1.807, 2.05) is 7.05 Å². The van der Waals surface area contributed by atoms with Crippen molar-refractivity contribution in [2.45, 2.75) is 18.9 Å². The van der Waals surface area contributed by atoms with Gasteiger partial charge >= 0.3 is 0 Å². The number of likely N-dealkylation sites (N-methyl/N-ethyl adjacent to an activating group) is 1. The van der Waals surface area contributed by atoms with Crippen LogP contribution in [0.5, 0.6) is 0 Å². The Labute approximate surface area is 90.4 Å². The Bertz CT molecular complexity index is 193. The lowest BCUT2D eigenvalue weighted by atomic mass is 10.1. The van der Waals surface area contributed by atoms with Gasteiger partial charge in [0, 0.05) is 25.8 Å². The second-order valence-corrected chi connectivity index (χ2v) is 3.92. The number of aliphatic hydroxyl groups is 1. The Kier molecular flexibility index (Phi) is 5.60. The number of carbonyl (C=O) groups excluding carboxylic acids is 1. The zero-order valence-electron chi connectivity index (χ0n) is 9.24. The Balaban J connectivity index is 2.16. The SMILES string of the molecule is CN(CCO)CC(=O)NC1CCOCC1. The number of nitrogens with zero attached hydrogens (tertiary/aromatic N) is 1. The van der Waals surface area contributed by atoms with E-state index in [9.17, 15) is 4.79 Å². The zero-order chi connectivity index (χ0) is 11.1. The maximum Gasteiger partial charge on any atom is 0.234 e. The average Bonchev–Trinajstić information content (AvgIpc) is 2.19. The molecule has 0 unspecified atom stereocenters. The van der Waals surface area contributed by atoms with Gasteiger partial charge in [-0.1, -0.05) is 0 Å². The first-order chi connectivity index (χ1) is 7.22. The molecule has 88 valence electrons. The third kappa shape index (κ3) is 5.11. The van der Waals surface area contributed by atoms with Gasteiger partial charge in [-0.15, -0.1) is 0 Å². The van der Waals surface area contributed by atoms with Crippen molar-refractivity contribution in [3.8, 4) is 0 Å². The quantitative estimate of drug-likeness (QED) is 0.632. The first-order valence-electron chi connectivity index (χ1n) is 5.39. The lowest BCUT2D eigenvalue weighted by Crippen LogP contribution is -2.43. The second-order valence-electron chi connectivity index (χ2n) is 3.92. The number of aliphatic hydroxyl groups excluding tert-OH is 1. The minimum Gasteiger partial charge on any atom is -0.395 e. The Morgan fingerprint density at radius 1 is 1.53 bits per heavy atom. The van der Waals surface area contributed by atoms with Crippen molar-refractivity contribution in [3.05, 3.63) is 0 Å². The lowest BCUT2D eigenvalue weighted by molar-refractivity contribution is -0.123. The van der Waals surface area contributed by atoms with Crippen LogP contribution in [0.3, 0.4) is 0 Å². The molecule has 0 atom stereocenters. The average molecular weight is 216 g/mol. The molecule has 0 radical (unpaired) electrons. The molecule has 1 aliphatic heterocycles. The molecule has 1 heterocycles. The number of hydrogen-bond donors (Lipinski definition) is 2. The maximum atomic E-state index is 11.5. The van der Waals surface area contributed by atoms with Gasteiger partial charge in [0.1, 0.15) is 0 Å². The van der Waals surface area contributed by atoms with Gasteiger partial charge in [-0.2, -0.15) is 0 Å². The van der Waals surface area contributed by atoms with Crippen LogP contribution in [0, 0.1) is 0 Å². The van der Waals surface area contributed by atoms with Crippen molar-refractivity contribution in [1.29, 1.82) is 0 Å². The van der Waals surface area contributed by atoms with Gasteiger partial charge in [-0.05, 0) is 19.9 Å². The summed E-state index contributed by atoms with van der Waals surface area (Å²) in [5.41, 5.74) is 0. The molecule has 1 fully saturated rings. The summed E-state index contributed by atoms with van der Waals surface area (Å²) in [5.74, 6) is 0.0258. The predicted octanol–water partition coefficient (Wildman–Crippen LogP) is -0.794. The van der Waals surface area contributed by atoms with Gasteiger partial charge in [-0.25, -0.2) is 0 Å². The van der Waals surface area contributed by atoms with Gasteiger partial charge in [-0.3, -0.25) is 9.69 Å². The molecule has 0 aromatic rings. The van der Waals surface area contributed by atoms with Gasteiger partial charge in [0.05, 0.1) is 13.2 Å². The van der Waals surface area contributed by atoms with Gasteiger partial charge in [0.15, 0.2) is 0 Å². The molecular formula is C10H20N2O3. The summed E-state index contributed by atoms with van der Waals surface area (Å²) in [6, 6.07) is 0.258. The van der Waals surface area contributed by atoms with E-state index in [1.165, 1.54) is 0 Å². The minimum absolute atomic E-state index is 0.0258. The molecule has 0 saturated carbocycles. The molecule has 5 nitrogen and oxygen atoms in total. The van der Waals surface area contributed by atoms with Crippen LogP contribution in [0.4, 0.5) is 0 Å². The van der Waals surface area contributed by atoms with E-state index in [-0.39, 0.29) is 18.6 Å². The van der Waals surface area contributed by atoms with Crippen LogP contribution in [0.2, 0.25) is 0 Å². The molecule has 0 aromatic carbocycles. The van der Waals surface area contributed by atoms with Crippen molar-refractivity contribution < 1.29 is 14.6 Å². The molecule has 15 heavy (non-hydrogen) atoms. The smallest absolute Gasteiger partial charge is 0.234 e. The Hall–Kier alpha value is -0.650. The van der Waals surface area contributed by atoms with E-state index in [2.05, 4.69) is 5.32 Å². The zero-order valence-corrected chi connectivity index (χ0v) is 9.24.